The third-order valence-corrected chi connectivity index (χ3v) is 25.1. The van der Waals surface area contributed by atoms with Gasteiger partial charge in [-0.05, 0) is 206 Å². The molecule has 6 heterocycles. The summed E-state index contributed by atoms with van der Waals surface area (Å²) in [6.45, 7) is 9.60. The van der Waals surface area contributed by atoms with Crippen LogP contribution in [0, 0.1) is 0 Å². The average Bonchev–Trinajstić information content (AvgIpc) is 1.40. The number of ether oxygens (including phenoxy) is 1. The maximum atomic E-state index is 13.1. The Morgan fingerprint density at radius 1 is 0.478 bits per heavy atom. The summed E-state index contributed by atoms with van der Waals surface area (Å²) in [6, 6.07) is 82.0. The molecular formula is C97H101N9O4S3+4. The molecule has 13 nitrogen and oxygen atoms in total. The van der Waals surface area contributed by atoms with Crippen LogP contribution in [-0.2, 0) is 39.0 Å². The second-order valence-corrected chi connectivity index (χ2v) is 32.6. The van der Waals surface area contributed by atoms with E-state index in [-0.39, 0.29) is 18.5 Å². The number of carbonyl (C=O) groups excluding carboxylic acids is 2. The van der Waals surface area contributed by atoms with Crippen LogP contribution < -0.4 is 28.4 Å². The van der Waals surface area contributed by atoms with Gasteiger partial charge in [0, 0.05) is 108 Å². The Kier molecular flexibility index (Phi) is 25.6. The van der Waals surface area contributed by atoms with Gasteiger partial charge in [-0.25, -0.2) is 13.9 Å². The molecular weight excluding hydrogens is 1450 g/mol. The monoisotopic (exact) mass is 1550 g/mol. The van der Waals surface area contributed by atoms with Gasteiger partial charge in [-0.1, -0.05) is 151 Å². The number of carbonyl (C=O) groups is 2. The molecule has 1 amide bonds. The van der Waals surface area contributed by atoms with Crippen molar-refractivity contribution >= 4 is 132 Å². The molecule has 16 heteroatoms. The first-order valence-electron chi connectivity index (χ1n) is 38.4. The van der Waals surface area contributed by atoms with Gasteiger partial charge < -0.3 is 38.8 Å². The molecule has 113 heavy (non-hydrogen) atoms. The maximum absolute atomic E-state index is 13.1. The molecule has 0 atom stereocenters. The predicted octanol–water partition coefficient (Wildman–Crippen LogP) is 19.2. The zero-order chi connectivity index (χ0) is 79.5. The minimum absolute atomic E-state index is 0.0149. The van der Waals surface area contributed by atoms with Crippen LogP contribution in [0.1, 0.15) is 85.6 Å². The van der Waals surface area contributed by atoms with Gasteiger partial charge >= 0.3 is 5.97 Å². The minimum atomic E-state index is -0.354. The summed E-state index contributed by atoms with van der Waals surface area (Å²) in [5.74, 6) is -0.301. The van der Waals surface area contributed by atoms with Crippen LogP contribution in [0.5, 0.6) is 0 Å². The lowest BCUT2D eigenvalue weighted by Gasteiger charge is -2.32. The second kappa shape index (κ2) is 36.2. The molecule has 0 spiro atoms. The number of rotatable bonds is 20. The molecule has 0 unspecified atom stereocenters. The number of quaternary nitrogens is 1. The van der Waals surface area contributed by atoms with E-state index in [1.54, 1.807) is 35.7 Å². The molecule has 0 aliphatic carbocycles. The van der Waals surface area contributed by atoms with Crippen LogP contribution in [0.4, 0.5) is 17.1 Å². The summed E-state index contributed by atoms with van der Waals surface area (Å²) in [5, 5.41) is 16.7. The molecule has 0 fully saturated rings. The van der Waals surface area contributed by atoms with Gasteiger partial charge in [0.1, 0.15) is 27.7 Å². The third-order valence-electron chi connectivity index (χ3n) is 21.6. The van der Waals surface area contributed by atoms with Gasteiger partial charge in [-0.2, -0.15) is 4.57 Å². The number of nitrogens with zero attached hydrogens (tertiary/aromatic N) is 9. The van der Waals surface area contributed by atoms with Crippen LogP contribution in [0.25, 0.3) is 67.7 Å². The number of aliphatic hydroxyl groups excluding tert-OH is 1. The molecule has 3 aliphatic rings. The average molecular weight is 1550 g/mol. The number of pyridine rings is 3. The van der Waals surface area contributed by atoms with Crippen molar-refractivity contribution in [3.63, 3.8) is 0 Å². The number of benzene rings is 9. The van der Waals surface area contributed by atoms with Gasteiger partial charge in [0.2, 0.25) is 22.2 Å². The number of aromatic nitrogens is 3. The predicted molar refractivity (Wildman–Crippen MR) is 473 cm³/mol. The van der Waals surface area contributed by atoms with Crippen molar-refractivity contribution in [2.75, 3.05) is 97.3 Å². The Bertz CT molecular complexity index is 5710. The molecule has 3 aliphatic heterocycles. The first kappa shape index (κ1) is 80.0. The lowest BCUT2D eigenvalue weighted by Crippen LogP contribution is -2.42. The van der Waals surface area contributed by atoms with Gasteiger partial charge in [-0.3, -0.25) is 4.79 Å². The molecule has 0 radical (unpaired) electrons. The van der Waals surface area contributed by atoms with E-state index in [1.165, 1.54) is 87.8 Å². The SMILES string of the molecule is CC[N+](C)(CC)Cc1ccc(C(=Cc2cc[n+](C)c3ccccc23)C=C2Sc3ccccc3N2C)cc1.CN(C)CCCN(C)C(=O)c1ccc(C(=Cc2cc[n+](C)c3ccccc23)C=C2Sc3ccccc3N2C)cc1.COC(=O)c1ccc(C(=Cc2ccc3ccccc3[n+]2C)C=C2Sc3ccc(CO)cc3N2C)cc1. The van der Waals surface area contributed by atoms with Crippen LogP contribution in [0.15, 0.2) is 297 Å². The number of amides is 1. The first-order chi connectivity index (χ1) is 54.7. The van der Waals surface area contributed by atoms with E-state index in [9.17, 15) is 14.7 Å². The smallest absolute Gasteiger partial charge is 0.337 e. The van der Waals surface area contributed by atoms with Gasteiger partial charge in [-0.15, -0.1) is 0 Å². The van der Waals surface area contributed by atoms with Crippen molar-refractivity contribution in [2.45, 2.75) is 48.1 Å². The number of hydrogen-bond acceptors (Lipinski definition) is 11. The van der Waals surface area contributed by atoms with Gasteiger partial charge in [0.05, 0.1) is 82.3 Å². The second-order valence-electron chi connectivity index (χ2n) is 29.4. The normalized spacial score (nSPS) is 14.6. The molecule has 0 saturated heterocycles. The van der Waals surface area contributed by atoms with E-state index < -0.39 is 0 Å². The Morgan fingerprint density at radius 2 is 0.912 bits per heavy atom. The fourth-order valence-electron chi connectivity index (χ4n) is 14.3. The van der Waals surface area contributed by atoms with Gasteiger partial charge in [0.15, 0.2) is 12.4 Å². The van der Waals surface area contributed by atoms with Crippen LogP contribution in [0.2, 0.25) is 0 Å². The summed E-state index contributed by atoms with van der Waals surface area (Å²) in [5.41, 5.74) is 20.7. The topological polar surface area (TPSA) is 91.4 Å². The molecule has 0 bridgehead atoms. The molecule has 3 aromatic heterocycles. The highest BCUT2D eigenvalue weighted by molar-refractivity contribution is 8.04. The molecule has 12 aromatic rings. The summed E-state index contributed by atoms with van der Waals surface area (Å²) >= 11 is 5.32. The Hall–Kier alpha value is -11.1. The highest BCUT2D eigenvalue weighted by Crippen LogP contribution is 2.49. The minimum Gasteiger partial charge on any atom is -0.465 e. The fourth-order valence-corrected chi connectivity index (χ4v) is 17.6. The Morgan fingerprint density at radius 3 is 1.41 bits per heavy atom. The number of allylic oxidation sites excluding steroid dienone is 6. The quantitative estimate of drug-likeness (QED) is 0.0449. The fraction of sp³-hybridized carbons (Fsp3) is 0.206. The third kappa shape index (κ3) is 18.5. The van der Waals surface area contributed by atoms with E-state index >= 15 is 0 Å². The zero-order valence-electron chi connectivity index (χ0n) is 67.0. The lowest BCUT2D eigenvalue weighted by molar-refractivity contribution is -0.919. The van der Waals surface area contributed by atoms with Crippen molar-refractivity contribution < 1.29 is 37.6 Å². The van der Waals surface area contributed by atoms with Crippen molar-refractivity contribution in [2.24, 2.45) is 21.1 Å². The van der Waals surface area contributed by atoms with Crippen LogP contribution >= 0.6 is 35.3 Å². The van der Waals surface area contributed by atoms with Crippen LogP contribution in [0.3, 0.4) is 0 Å². The van der Waals surface area contributed by atoms with Crippen molar-refractivity contribution in [3.05, 3.63) is 338 Å². The first-order valence-corrected chi connectivity index (χ1v) is 40.9. The number of fused-ring (bicyclic) bond motifs is 6. The summed E-state index contributed by atoms with van der Waals surface area (Å²) in [6.07, 6.45) is 18.8. The Balaban J connectivity index is 0.000000148. The van der Waals surface area contributed by atoms with Crippen molar-refractivity contribution in [1.29, 1.82) is 0 Å². The largest absolute Gasteiger partial charge is 0.465 e. The number of methoxy groups -OCH3 is 1. The number of thioether (sulfide) groups is 3. The summed E-state index contributed by atoms with van der Waals surface area (Å²) in [4.78, 5) is 39.4. The van der Waals surface area contributed by atoms with Gasteiger partial charge in [0.25, 0.3) is 5.91 Å². The Labute approximate surface area is 679 Å². The van der Waals surface area contributed by atoms with E-state index in [0.29, 0.717) is 11.1 Å². The molecule has 572 valence electrons. The lowest BCUT2D eigenvalue weighted by atomic mass is 9.99. The molecule has 9 aromatic carbocycles. The van der Waals surface area contributed by atoms with E-state index in [2.05, 4.69) is 328 Å². The highest BCUT2D eigenvalue weighted by atomic mass is 32.2. The van der Waals surface area contributed by atoms with E-state index in [4.69, 9.17) is 4.74 Å². The van der Waals surface area contributed by atoms with E-state index in [0.717, 1.165) is 104 Å². The number of para-hydroxylation sites is 5. The standard InChI is InChI=1S/C34H37N4OS.C33H37N3S.C30H27N2O3S/c1-35(2)20-10-21-37(4)34(39)26-17-15-25(16-18-26)28(24-33-38(5)31-13-8-9-14-32(31)40-33)23-27-19-22-36(3)30-12-7-6-11-29(27)30;1-6-36(5,7-2)24-25-16-18-26(19-17-25)28(23-33-35(4)31-14-10-11-15-32(31)37-33)22-27-20-21-34(3)30-13-9-8-12-29(27)30;1-31-25(14-13-22-6-4-5-7-26(22)31)17-24(21-9-11-23(12-10-21)30(34)35-3)18-29-32(2)27-16-20(19-33)8-15-28(27)36-29/h6-9,11-19,22-24H,10,20-21H2,1-5H3;8-23H,6-7,24H2,1-5H3;4-18,33H,19H2,1-3H3/q+1;+2;+1. The molecule has 1 N–H and O–H groups in total. The number of aliphatic hydroxyl groups is 1. The summed E-state index contributed by atoms with van der Waals surface area (Å²) in [7, 11) is 22.3. The molecule has 15 rings (SSSR count). The van der Waals surface area contributed by atoms with Crippen LogP contribution in [-0.4, -0.2) is 114 Å². The zero-order valence-corrected chi connectivity index (χ0v) is 69.5. The number of esters is 1. The molecule has 0 saturated carbocycles. The maximum Gasteiger partial charge on any atom is 0.337 e. The highest BCUT2D eigenvalue weighted by Gasteiger charge is 2.27. The van der Waals surface area contributed by atoms with Crippen molar-refractivity contribution in [1.82, 2.24) is 9.80 Å². The number of anilines is 3. The summed E-state index contributed by atoms with van der Waals surface area (Å²) < 4.78 is 12.4. The van der Waals surface area contributed by atoms with E-state index in [1.807, 2.05) is 79.3 Å². The number of hydrogen-bond donors (Lipinski definition) is 1. The number of aryl methyl sites for hydroxylation is 3. The van der Waals surface area contributed by atoms with Crippen molar-refractivity contribution in [3.8, 4) is 0 Å².